The Balaban J connectivity index is 1.68. The molecular formula is C15H17ClN2S. The van der Waals surface area contributed by atoms with Crippen molar-refractivity contribution in [2.75, 3.05) is 6.54 Å². The molecule has 100 valence electrons. The van der Waals surface area contributed by atoms with E-state index in [-0.39, 0.29) is 0 Å². The highest BCUT2D eigenvalue weighted by Crippen LogP contribution is 2.25. The van der Waals surface area contributed by atoms with E-state index in [1.807, 2.05) is 12.1 Å². The van der Waals surface area contributed by atoms with Gasteiger partial charge in [0.2, 0.25) is 0 Å². The molecule has 1 aromatic carbocycles. The number of nitrogens with zero attached hydrogens (tertiary/aromatic N) is 1. The average Bonchev–Trinajstić information content (AvgIpc) is 2.91. The number of hydrogen-bond acceptors (Lipinski definition) is 3. The number of thiazole rings is 1. The van der Waals surface area contributed by atoms with Gasteiger partial charge in [0.05, 0.1) is 16.7 Å². The number of rotatable bonds is 3. The Labute approximate surface area is 122 Å². The second-order valence-electron chi connectivity index (χ2n) is 4.97. The fraction of sp³-hybridized carbons (Fsp3) is 0.400. The first-order chi connectivity index (χ1) is 9.31. The van der Waals surface area contributed by atoms with Crippen LogP contribution in [0.5, 0.6) is 0 Å². The fourth-order valence-corrected chi connectivity index (χ4v) is 3.46. The lowest BCUT2D eigenvalue weighted by atomic mass is 10.0. The molecule has 19 heavy (non-hydrogen) atoms. The number of halogens is 1. The van der Waals surface area contributed by atoms with E-state index < -0.39 is 0 Å². The molecule has 1 fully saturated rings. The highest BCUT2D eigenvalue weighted by atomic mass is 35.5. The smallest absolute Gasteiger partial charge is 0.0972 e. The molecule has 3 rings (SSSR count). The zero-order chi connectivity index (χ0) is 13.1. The molecule has 0 radical (unpaired) electrons. The Kier molecular flexibility index (Phi) is 4.16. The highest BCUT2D eigenvalue weighted by Gasteiger charge is 2.17. The maximum atomic E-state index is 5.90. The van der Waals surface area contributed by atoms with Gasteiger partial charge in [-0.1, -0.05) is 30.2 Å². The molecule has 1 atom stereocenters. The van der Waals surface area contributed by atoms with Gasteiger partial charge in [0, 0.05) is 16.8 Å². The van der Waals surface area contributed by atoms with E-state index in [1.165, 1.54) is 35.5 Å². The van der Waals surface area contributed by atoms with Gasteiger partial charge in [-0.25, -0.2) is 4.98 Å². The van der Waals surface area contributed by atoms with E-state index >= 15 is 0 Å². The largest absolute Gasteiger partial charge is 0.309 e. The number of hydrogen-bond donors (Lipinski definition) is 1. The van der Waals surface area contributed by atoms with Crippen LogP contribution < -0.4 is 5.32 Å². The second kappa shape index (κ2) is 6.04. The van der Waals surface area contributed by atoms with Crippen molar-refractivity contribution in [3.8, 4) is 0 Å². The summed E-state index contributed by atoms with van der Waals surface area (Å²) in [4.78, 5) is 4.77. The van der Waals surface area contributed by atoms with Crippen LogP contribution in [0.25, 0.3) is 0 Å². The molecule has 2 aromatic rings. The average molecular weight is 293 g/mol. The van der Waals surface area contributed by atoms with Crippen molar-refractivity contribution >= 4 is 22.9 Å². The zero-order valence-corrected chi connectivity index (χ0v) is 12.3. The Bertz CT molecular complexity index is 529. The van der Waals surface area contributed by atoms with Crippen molar-refractivity contribution in [1.82, 2.24) is 10.3 Å². The monoisotopic (exact) mass is 292 g/mol. The summed E-state index contributed by atoms with van der Waals surface area (Å²) in [6, 6.07) is 8.48. The van der Waals surface area contributed by atoms with Gasteiger partial charge in [-0.3, -0.25) is 0 Å². The SMILES string of the molecule is Clc1ccc(Cc2nc([C@H]3CCCCN3)cs2)cc1. The molecule has 0 unspecified atom stereocenters. The number of benzene rings is 1. The predicted octanol–water partition coefficient (Wildman–Crippen LogP) is 4.20. The van der Waals surface area contributed by atoms with Crippen LogP contribution in [-0.4, -0.2) is 11.5 Å². The van der Waals surface area contributed by atoms with Crippen molar-refractivity contribution in [3.63, 3.8) is 0 Å². The van der Waals surface area contributed by atoms with Crippen molar-refractivity contribution < 1.29 is 0 Å². The fourth-order valence-electron chi connectivity index (χ4n) is 2.45. The van der Waals surface area contributed by atoms with Gasteiger partial charge >= 0.3 is 0 Å². The summed E-state index contributed by atoms with van der Waals surface area (Å²) >= 11 is 7.66. The maximum absolute atomic E-state index is 5.90. The summed E-state index contributed by atoms with van der Waals surface area (Å²) < 4.78 is 0. The standard InChI is InChI=1S/C15H17ClN2S/c16-12-6-4-11(5-7-12)9-15-18-14(10-19-15)13-3-1-2-8-17-13/h4-7,10,13,17H,1-3,8-9H2/t13-/m1/s1. The van der Waals surface area contributed by atoms with Crippen LogP contribution in [0.4, 0.5) is 0 Å². The Morgan fingerprint density at radius 2 is 2.11 bits per heavy atom. The Hall–Kier alpha value is -0.900. The molecule has 0 amide bonds. The minimum Gasteiger partial charge on any atom is -0.309 e. The quantitative estimate of drug-likeness (QED) is 0.917. The minimum atomic E-state index is 0.462. The molecule has 0 aliphatic carbocycles. The zero-order valence-electron chi connectivity index (χ0n) is 10.7. The first-order valence-electron chi connectivity index (χ1n) is 6.73. The van der Waals surface area contributed by atoms with E-state index in [2.05, 4.69) is 22.8 Å². The van der Waals surface area contributed by atoms with E-state index in [1.54, 1.807) is 11.3 Å². The lowest BCUT2D eigenvalue weighted by Crippen LogP contribution is -2.26. The van der Waals surface area contributed by atoms with Crippen LogP contribution in [-0.2, 0) is 6.42 Å². The second-order valence-corrected chi connectivity index (χ2v) is 6.35. The molecule has 2 heterocycles. The summed E-state index contributed by atoms with van der Waals surface area (Å²) in [7, 11) is 0. The molecule has 0 saturated carbocycles. The maximum Gasteiger partial charge on any atom is 0.0972 e. The predicted molar refractivity (Wildman–Crippen MR) is 81.0 cm³/mol. The van der Waals surface area contributed by atoms with Crippen molar-refractivity contribution in [1.29, 1.82) is 0 Å². The van der Waals surface area contributed by atoms with E-state index in [4.69, 9.17) is 16.6 Å². The lowest BCUT2D eigenvalue weighted by Gasteiger charge is -2.21. The van der Waals surface area contributed by atoms with Crippen LogP contribution in [0.1, 0.15) is 41.6 Å². The lowest BCUT2D eigenvalue weighted by molar-refractivity contribution is 0.406. The van der Waals surface area contributed by atoms with Crippen LogP contribution in [0.15, 0.2) is 29.6 Å². The third-order valence-corrected chi connectivity index (χ3v) is 4.62. The molecule has 2 nitrogen and oxygen atoms in total. The van der Waals surface area contributed by atoms with Crippen molar-refractivity contribution in [2.45, 2.75) is 31.7 Å². The molecule has 4 heteroatoms. The van der Waals surface area contributed by atoms with Gasteiger partial charge in [0.1, 0.15) is 0 Å². The van der Waals surface area contributed by atoms with Crippen LogP contribution in [0.2, 0.25) is 5.02 Å². The number of aromatic nitrogens is 1. The van der Waals surface area contributed by atoms with Gasteiger partial charge < -0.3 is 5.32 Å². The molecule has 1 saturated heterocycles. The summed E-state index contributed by atoms with van der Waals surface area (Å²) in [5.74, 6) is 0. The van der Waals surface area contributed by atoms with Crippen LogP contribution in [0, 0.1) is 0 Å². The van der Waals surface area contributed by atoms with E-state index in [0.29, 0.717) is 6.04 Å². The Morgan fingerprint density at radius 1 is 1.26 bits per heavy atom. The number of piperidine rings is 1. The molecule has 1 aliphatic heterocycles. The molecule has 1 aromatic heterocycles. The van der Waals surface area contributed by atoms with Gasteiger partial charge in [0.25, 0.3) is 0 Å². The molecular weight excluding hydrogens is 276 g/mol. The first kappa shape index (κ1) is 13.1. The first-order valence-corrected chi connectivity index (χ1v) is 7.99. The topological polar surface area (TPSA) is 24.9 Å². The summed E-state index contributed by atoms with van der Waals surface area (Å²) in [6.07, 6.45) is 4.71. The molecule has 1 aliphatic rings. The Morgan fingerprint density at radius 3 is 2.84 bits per heavy atom. The third-order valence-electron chi connectivity index (χ3n) is 3.51. The third kappa shape index (κ3) is 3.35. The molecule has 1 N–H and O–H groups in total. The highest BCUT2D eigenvalue weighted by molar-refractivity contribution is 7.09. The van der Waals surface area contributed by atoms with E-state index in [9.17, 15) is 0 Å². The van der Waals surface area contributed by atoms with Gasteiger partial charge in [0.15, 0.2) is 0 Å². The van der Waals surface area contributed by atoms with Gasteiger partial charge in [-0.05, 0) is 37.1 Å². The van der Waals surface area contributed by atoms with Gasteiger partial charge in [-0.15, -0.1) is 11.3 Å². The number of nitrogens with one attached hydrogen (secondary N) is 1. The summed E-state index contributed by atoms with van der Waals surface area (Å²) in [5.41, 5.74) is 2.48. The molecule has 0 bridgehead atoms. The van der Waals surface area contributed by atoms with E-state index in [0.717, 1.165) is 18.0 Å². The minimum absolute atomic E-state index is 0.462. The van der Waals surface area contributed by atoms with Crippen LogP contribution >= 0.6 is 22.9 Å². The van der Waals surface area contributed by atoms with Gasteiger partial charge in [-0.2, -0.15) is 0 Å². The normalized spacial score (nSPS) is 19.5. The van der Waals surface area contributed by atoms with Crippen LogP contribution in [0.3, 0.4) is 0 Å². The van der Waals surface area contributed by atoms with Crippen molar-refractivity contribution in [3.05, 3.63) is 50.9 Å². The summed E-state index contributed by atoms with van der Waals surface area (Å²) in [5, 5.41) is 7.72. The van der Waals surface area contributed by atoms with Crippen molar-refractivity contribution in [2.24, 2.45) is 0 Å². The molecule has 0 spiro atoms. The summed E-state index contributed by atoms with van der Waals surface area (Å²) in [6.45, 7) is 1.12.